The summed E-state index contributed by atoms with van der Waals surface area (Å²) in [5.41, 5.74) is -1.36. The summed E-state index contributed by atoms with van der Waals surface area (Å²) in [7, 11) is 0. The first-order valence-electron chi connectivity index (χ1n) is 6.37. The summed E-state index contributed by atoms with van der Waals surface area (Å²) in [6.07, 6.45) is -4.86. The Labute approximate surface area is 137 Å². The fourth-order valence-corrected chi connectivity index (χ4v) is 2.39. The second-order valence-corrected chi connectivity index (χ2v) is 5.42. The number of anilines is 1. The van der Waals surface area contributed by atoms with E-state index in [0.717, 1.165) is 23.5 Å². The van der Waals surface area contributed by atoms with Gasteiger partial charge < -0.3 is 4.74 Å². The molecule has 0 saturated heterocycles. The van der Waals surface area contributed by atoms with Crippen LogP contribution in [0.1, 0.15) is 11.3 Å². The molecule has 0 radical (unpaired) electrons. The Morgan fingerprint density at radius 1 is 1.46 bits per heavy atom. The van der Waals surface area contributed by atoms with Gasteiger partial charge in [-0.2, -0.15) is 13.2 Å². The highest BCUT2D eigenvalue weighted by molar-refractivity contribution is 7.13. The van der Waals surface area contributed by atoms with Crippen LogP contribution >= 0.6 is 11.3 Å². The van der Waals surface area contributed by atoms with Gasteiger partial charge in [-0.05, 0) is 13.0 Å². The molecule has 11 heteroatoms. The molecule has 2 rings (SSSR count). The van der Waals surface area contributed by atoms with Crippen molar-refractivity contribution in [2.45, 2.75) is 13.1 Å². The predicted octanol–water partition coefficient (Wildman–Crippen LogP) is 3.40. The number of nitrogens with zero attached hydrogens (tertiary/aromatic N) is 2. The number of nitro benzene ring substituents is 1. The lowest BCUT2D eigenvalue weighted by Gasteiger charge is -2.13. The topological polar surface area (TPSA) is 94.4 Å². The van der Waals surface area contributed by atoms with Gasteiger partial charge in [0.2, 0.25) is 0 Å². The maximum Gasteiger partial charge on any atom is 0.420 e. The van der Waals surface area contributed by atoms with Gasteiger partial charge in [0, 0.05) is 17.5 Å². The number of halogens is 3. The number of nitro groups is 1. The zero-order valence-electron chi connectivity index (χ0n) is 12.1. The molecule has 0 aliphatic heterocycles. The van der Waals surface area contributed by atoms with E-state index in [1.54, 1.807) is 12.3 Å². The number of carbonyl (C=O) groups is 1. The maximum atomic E-state index is 13.0. The van der Waals surface area contributed by atoms with Crippen LogP contribution in [0.3, 0.4) is 0 Å². The number of non-ortho nitro benzene ring substituents is 1. The summed E-state index contributed by atoms with van der Waals surface area (Å²) in [4.78, 5) is 25.3. The van der Waals surface area contributed by atoms with Crippen molar-refractivity contribution >= 4 is 28.1 Å². The quantitative estimate of drug-likeness (QED) is 0.651. The van der Waals surface area contributed by atoms with Gasteiger partial charge in [0.25, 0.3) is 11.6 Å². The van der Waals surface area contributed by atoms with E-state index in [9.17, 15) is 28.1 Å². The molecule has 2 aromatic rings. The van der Waals surface area contributed by atoms with Crippen LogP contribution in [0, 0.1) is 17.0 Å². The van der Waals surface area contributed by atoms with Gasteiger partial charge >= 0.3 is 6.18 Å². The molecule has 0 aliphatic carbocycles. The van der Waals surface area contributed by atoms with Gasteiger partial charge in [-0.3, -0.25) is 20.2 Å². The molecule has 1 aromatic heterocycles. The van der Waals surface area contributed by atoms with Crippen molar-refractivity contribution < 1.29 is 27.6 Å². The van der Waals surface area contributed by atoms with Gasteiger partial charge in [-0.25, -0.2) is 4.98 Å². The van der Waals surface area contributed by atoms with Crippen molar-refractivity contribution in [2.24, 2.45) is 0 Å². The molecule has 0 fully saturated rings. The third kappa shape index (κ3) is 4.41. The number of hydrogen-bond donors (Lipinski definition) is 1. The second kappa shape index (κ2) is 6.83. The fraction of sp³-hybridized carbons (Fsp3) is 0.231. The predicted molar refractivity (Wildman–Crippen MR) is 79.1 cm³/mol. The van der Waals surface area contributed by atoms with E-state index in [1.807, 2.05) is 0 Å². The fourth-order valence-electron chi connectivity index (χ4n) is 1.69. The van der Waals surface area contributed by atoms with Gasteiger partial charge in [-0.15, -0.1) is 11.3 Å². The first-order chi connectivity index (χ1) is 11.2. The molecule has 1 heterocycles. The van der Waals surface area contributed by atoms with Crippen LogP contribution in [-0.2, 0) is 11.0 Å². The van der Waals surface area contributed by atoms with E-state index in [-0.39, 0.29) is 0 Å². The van der Waals surface area contributed by atoms with Crippen molar-refractivity contribution in [3.05, 3.63) is 45.0 Å². The number of alkyl halides is 3. The standard InChI is InChI=1S/C13H10F3N3O4S/c1-7-6-24-12(17-7)18-11(20)5-23-10-3-2-8(19(21)22)4-9(10)13(14,15)16/h2-4,6H,5H2,1H3,(H,17,18,20). The van der Waals surface area contributed by atoms with Crippen molar-refractivity contribution in [2.75, 3.05) is 11.9 Å². The number of rotatable bonds is 5. The van der Waals surface area contributed by atoms with Gasteiger partial charge in [-0.1, -0.05) is 0 Å². The SMILES string of the molecule is Cc1csc(NC(=O)COc2ccc([N+](=O)[O-])cc2C(F)(F)F)n1. The number of amides is 1. The van der Waals surface area contributed by atoms with Crippen molar-refractivity contribution in [3.8, 4) is 5.75 Å². The molecule has 0 spiro atoms. The Balaban J connectivity index is 2.11. The van der Waals surface area contributed by atoms with Gasteiger partial charge in [0.05, 0.1) is 10.6 Å². The molecule has 1 amide bonds. The summed E-state index contributed by atoms with van der Waals surface area (Å²) in [5, 5.41) is 14.9. The van der Waals surface area contributed by atoms with Crippen molar-refractivity contribution in [1.82, 2.24) is 4.98 Å². The normalized spacial score (nSPS) is 11.2. The van der Waals surface area contributed by atoms with E-state index in [2.05, 4.69) is 10.3 Å². The molecule has 0 aliphatic rings. The molecule has 128 valence electrons. The minimum absolute atomic E-state index is 0.292. The molecule has 24 heavy (non-hydrogen) atoms. The number of benzene rings is 1. The van der Waals surface area contributed by atoms with Gasteiger partial charge in [0.1, 0.15) is 11.3 Å². The third-order valence-electron chi connectivity index (χ3n) is 2.70. The van der Waals surface area contributed by atoms with Crippen LogP contribution in [0.25, 0.3) is 0 Å². The summed E-state index contributed by atoms with van der Waals surface area (Å²) >= 11 is 1.16. The molecule has 0 saturated carbocycles. The molecular formula is C13H10F3N3O4S. The van der Waals surface area contributed by atoms with Gasteiger partial charge in [0.15, 0.2) is 11.7 Å². The number of carbonyl (C=O) groups excluding carboxylic acids is 1. The Hall–Kier alpha value is -2.69. The number of ether oxygens (including phenoxy) is 1. The third-order valence-corrected chi connectivity index (χ3v) is 3.58. The second-order valence-electron chi connectivity index (χ2n) is 4.57. The van der Waals surface area contributed by atoms with E-state index < -0.39 is 40.6 Å². The zero-order chi connectivity index (χ0) is 17.9. The van der Waals surface area contributed by atoms with Crippen LogP contribution in [0.2, 0.25) is 0 Å². The van der Waals surface area contributed by atoms with E-state index in [4.69, 9.17) is 4.74 Å². The molecule has 0 bridgehead atoms. The van der Waals surface area contributed by atoms with Crippen molar-refractivity contribution in [1.29, 1.82) is 0 Å². The molecule has 1 N–H and O–H groups in total. The smallest absolute Gasteiger partial charge is 0.420 e. The minimum atomic E-state index is -4.86. The first kappa shape index (κ1) is 17.7. The number of nitrogens with one attached hydrogen (secondary N) is 1. The highest BCUT2D eigenvalue weighted by Gasteiger charge is 2.36. The molecule has 0 atom stereocenters. The highest BCUT2D eigenvalue weighted by Crippen LogP contribution is 2.38. The molecule has 7 nitrogen and oxygen atoms in total. The Morgan fingerprint density at radius 2 is 2.17 bits per heavy atom. The number of aromatic nitrogens is 1. The maximum absolute atomic E-state index is 13.0. The van der Waals surface area contributed by atoms with Crippen LogP contribution in [0.4, 0.5) is 24.0 Å². The zero-order valence-corrected chi connectivity index (χ0v) is 12.9. The largest absolute Gasteiger partial charge is 0.483 e. The average Bonchev–Trinajstić information content (AvgIpc) is 2.89. The Kier molecular flexibility index (Phi) is 5.02. The van der Waals surface area contributed by atoms with E-state index in [0.29, 0.717) is 16.9 Å². The van der Waals surface area contributed by atoms with Crippen molar-refractivity contribution in [3.63, 3.8) is 0 Å². The summed E-state index contributed by atoms with van der Waals surface area (Å²) in [6.45, 7) is 1.02. The number of hydrogen-bond acceptors (Lipinski definition) is 6. The van der Waals surface area contributed by atoms with Crippen LogP contribution in [0.5, 0.6) is 5.75 Å². The van der Waals surface area contributed by atoms with Crippen LogP contribution in [0.15, 0.2) is 23.6 Å². The van der Waals surface area contributed by atoms with E-state index >= 15 is 0 Å². The Morgan fingerprint density at radius 3 is 2.71 bits per heavy atom. The minimum Gasteiger partial charge on any atom is -0.483 e. The first-order valence-corrected chi connectivity index (χ1v) is 7.25. The van der Waals surface area contributed by atoms with Crippen LogP contribution in [-0.4, -0.2) is 22.4 Å². The molecule has 1 aromatic carbocycles. The summed E-state index contributed by atoms with van der Waals surface area (Å²) in [6, 6.07) is 2.03. The monoisotopic (exact) mass is 361 g/mol. The van der Waals surface area contributed by atoms with E-state index in [1.165, 1.54) is 0 Å². The molecule has 0 unspecified atom stereocenters. The number of thiazole rings is 1. The Bertz CT molecular complexity index is 776. The molecular weight excluding hydrogens is 351 g/mol. The van der Waals surface area contributed by atoms with Crippen LogP contribution < -0.4 is 10.1 Å². The number of aryl methyl sites for hydroxylation is 1. The lowest BCUT2D eigenvalue weighted by Crippen LogP contribution is -2.21. The summed E-state index contributed by atoms with van der Waals surface area (Å²) < 4.78 is 43.7. The lowest BCUT2D eigenvalue weighted by molar-refractivity contribution is -0.385. The average molecular weight is 361 g/mol. The lowest BCUT2D eigenvalue weighted by atomic mass is 10.1. The highest BCUT2D eigenvalue weighted by atomic mass is 32.1. The summed E-state index contributed by atoms with van der Waals surface area (Å²) in [5.74, 6) is -1.37.